The first-order valence-electron chi connectivity index (χ1n) is 12.8. The van der Waals surface area contributed by atoms with Gasteiger partial charge < -0.3 is 18.9 Å². The van der Waals surface area contributed by atoms with Crippen molar-refractivity contribution in [1.29, 1.82) is 0 Å². The average molecular weight is 579 g/mol. The second kappa shape index (κ2) is 13.4. The van der Waals surface area contributed by atoms with E-state index in [1.165, 1.54) is 22.7 Å². The van der Waals surface area contributed by atoms with E-state index in [0.29, 0.717) is 21.3 Å². The predicted molar refractivity (Wildman–Crippen MR) is 157 cm³/mol. The molecule has 0 unspecified atom stereocenters. The number of rotatable bonds is 12. The van der Waals surface area contributed by atoms with Gasteiger partial charge in [-0.2, -0.15) is 0 Å². The highest BCUT2D eigenvalue weighted by molar-refractivity contribution is 7.21. The summed E-state index contributed by atoms with van der Waals surface area (Å²) in [6, 6.07) is 18.5. The van der Waals surface area contributed by atoms with E-state index in [9.17, 15) is 14.4 Å². The molecule has 0 saturated heterocycles. The SMILES string of the molecule is CCOC(=O)Cc1cc(C(=O)c2cc(CC(=O)OCC)c(-c3ccc(OC)cc3)s2)sc1-c1ccc(OC)cc1. The third-order valence-electron chi connectivity index (χ3n) is 6.05. The molecule has 0 saturated carbocycles. The van der Waals surface area contributed by atoms with E-state index in [0.717, 1.165) is 32.0 Å². The van der Waals surface area contributed by atoms with Gasteiger partial charge in [0.2, 0.25) is 5.78 Å². The van der Waals surface area contributed by atoms with Gasteiger partial charge in [-0.05, 0) is 96.8 Å². The van der Waals surface area contributed by atoms with Crippen LogP contribution in [-0.4, -0.2) is 45.2 Å². The first-order valence-corrected chi connectivity index (χ1v) is 14.4. The third-order valence-corrected chi connectivity index (χ3v) is 8.50. The molecule has 0 aliphatic carbocycles. The lowest BCUT2D eigenvalue weighted by atomic mass is 10.1. The Morgan fingerprint density at radius 2 is 1.00 bits per heavy atom. The smallest absolute Gasteiger partial charge is 0.310 e. The van der Waals surface area contributed by atoms with Gasteiger partial charge in [0.15, 0.2) is 0 Å². The van der Waals surface area contributed by atoms with Crippen LogP contribution in [0.15, 0.2) is 60.7 Å². The number of carbonyl (C=O) groups excluding carboxylic acids is 3. The molecule has 0 fully saturated rings. The number of ketones is 1. The molecular weight excluding hydrogens is 548 g/mol. The van der Waals surface area contributed by atoms with Crippen LogP contribution in [0, 0.1) is 0 Å². The number of hydrogen-bond acceptors (Lipinski definition) is 9. The lowest BCUT2D eigenvalue weighted by Crippen LogP contribution is -2.07. The van der Waals surface area contributed by atoms with E-state index < -0.39 is 0 Å². The normalized spacial score (nSPS) is 10.7. The number of thiophene rings is 2. The first-order chi connectivity index (χ1) is 19.4. The van der Waals surface area contributed by atoms with Gasteiger partial charge in [-0.3, -0.25) is 14.4 Å². The van der Waals surface area contributed by atoms with Crippen LogP contribution in [0.2, 0.25) is 0 Å². The Labute approximate surface area is 241 Å². The average Bonchev–Trinajstić information content (AvgIpc) is 3.57. The summed E-state index contributed by atoms with van der Waals surface area (Å²) in [5.74, 6) is 0.529. The number of ether oxygens (including phenoxy) is 4. The Morgan fingerprint density at radius 3 is 1.32 bits per heavy atom. The Bertz CT molecular complexity index is 1370. The van der Waals surface area contributed by atoms with Crippen LogP contribution in [0.4, 0.5) is 0 Å². The molecule has 4 aromatic rings. The molecule has 2 aromatic carbocycles. The van der Waals surface area contributed by atoms with Crippen molar-refractivity contribution in [1.82, 2.24) is 0 Å². The molecule has 0 bridgehead atoms. The number of carbonyl (C=O) groups is 3. The zero-order chi connectivity index (χ0) is 28.6. The van der Waals surface area contributed by atoms with Gasteiger partial charge in [0.1, 0.15) is 11.5 Å². The van der Waals surface area contributed by atoms with E-state index in [-0.39, 0.29) is 43.8 Å². The summed E-state index contributed by atoms with van der Waals surface area (Å²) in [6.45, 7) is 4.07. The Balaban J connectivity index is 1.74. The number of benzene rings is 2. The quantitative estimate of drug-likeness (QED) is 0.138. The Morgan fingerprint density at radius 1 is 0.625 bits per heavy atom. The van der Waals surface area contributed by atoms with Crippen molar-refractivity contribution in [2.75, 3.05) is 27.4 Å². The summed E-state index contributed by atoms with van der Waals surface area (Å²) in [7, 11) is 3.20. The molecule has 0 amide bonds. The standard InChI is InChI=1S/C31H30O7S2/c1-5-37-27(32)17-21-15-25(39-30(21)19-7-11-23(35-3)12-8-19)29(34)26-16-22(18-28(33)38-6-2)31(40-26)20-9-13-24(36-4)14-10-20/h7-16H,5-6,17-18H2,1-4H3. The van der Waals surface area contributed by atoms with Crippen LogP contribution in [0.25, 0.3) is 20.9 Å². The van der Waals surface area contributed by atoms with Gasteiger partial charge in [-0.15, -0.1) is 22.7 Å². The number of methoxy groups -OCH3 is 2. The van der Waals surface area contributed by atoms with E-state index in [1.807, 2.05) is 48.5 Å². The summed E-state index contributed by atoms with van der Waals surface area (Å²) < 4.78 is 20.9. The molecular formula is C31H30O7S2. The molecule has 0 atom stereocenters. The van der Waals surface area contributed by atoms with E-state index >= 15 is 0 Å². The topological polar surface area (TPSA) is 88.1 Å². The molecule has 0 aliphatic heterocycles. The van der Waals surface area contributed by atoms with Gasteiger partial charge in [-0.25, -0.2) is 0 Å². The molecule has 2 heterocycles. The van der Waals surface area contributed by atoms with Crippen LogP contribution in [0.3, 0.4) is 0 Å². The zero-order valence-electron chi connectivity index (χ0n) is 22.8. The number of esters is 2. The maximum Gasteiger partial charge on any atom is 0.310 e. The minimum absolute atomic E-state index is 0.0502. The molecule has 4 rings (SSSR count). The van der Waals surface area contributed by atoms with Gasteiger partial charge in [0, 0.05) is 9.75 Å². The van der Waals surface area contributed by atoms with E-state index in [1.54, 1.807) is 40.2 Å². The maximum atomic E-state index is 13.8. The Hall–Kier alpha value is -3.95. The molecule has 2 aromatic heterocycles. The minimum Gasteiger partial charge on any atom is -0.497 e. The van der Waals surface area contributed by atoms with Crippen molar-refractivity contribution in [2.24, 2.45) is 0 Å². The molecule has 0 N–H and O–H groups in total. The number of hydrogen-bond donors (Lipinski definition) is 0. The molecule has 40 heavy (non-hydrogen) atoms. The summed E-state index contributed by atoms with van der Waals surface area (Å²) in [6.07, 6.45) is 0.100. The molecule has 0 spiro atoms. The predicted octanol–water partition coefficient (Wildman–Crippen LogP) is 6.60. The molecule has 9 heteroatoms. The Kier molecular flexibility index (Phi) is 9.74. The minimum atomic E-state index is -0.358. The summed E-state index contributed by atoms with van der Waals surface area (Å²) in [5.41, 5.74) is 3.18. The van der Waals surface area contributed by atoms with Crippen molar-refractivity contribution in [3.63, 3.8) is 0 Å². The second-order valence-electron chi connectivity index (χ2n) is 8.68. The largest absolute Gasteiger partial charge is 0.497 e. The third kappa shape index (κ3) is 6.78. The fraction of sp³-hybridized carbons (Fsp3) is 0.258. The first kappa shape index (κ1) is 29.0. The van der Waals surface area contributed by atoms with Gasteiger partial charge in [-0.1, -0.05) is 0 Å². The van der Waals surface area contributed by atoms with Crippen LogP contribution < -0.4 is 9.47 Å². The van der Waals surface area contributed by atoms with E-state index in [4.69, 9.17) is 18.9 Å². The van der Waals surface area contributed by atoms with E-state index in [2.05, 4.69) is 0 Å². The van der Waals surface area contributed by atoms with Crippen LogP contribution in [0.5, 0.6) is 11.5 Å². The fourth-order valence-corrected chi connectivity index (χ4v) is 6.52. The van der Waals surface area contributed by atoms with Crippen molar-refractivity contribution in [3.05, 3.63) is 81.5 Å². The van der Waals surface area contributed by atoms with Gasteiger partial charge >= 0.3 is 11.9 Å². The highest BCUT2D eigenvalue weighted by atomic mass is 32.1. The molecule has 0 aliphatic rings. The van der Waals surface area contributed by atoms with Crippen molar-refractivity contribution in [3.8, 4) is 32.4 Å². The molecule has 0 radical (unpaired) electrons. The lowest BCUT2D eigenvalue weighted by molar-refractivity contribution is -0.143. The highest BCUT2D eigenvalue weighted by Crippen LogP contribution is 2.39. The maximum absolute atomic E-state index is 13.8. The van der Waals surface area contributed by atoms with Crippen molar-refractivity contribution < 1.29 is 33.3 Å². The van der Waals surface area contributed by atoms with Crippen LogP contribution in [-0.2, 0) is 31.9 Å². The molecule has 208 valence electrons. The van der Waals surface area contributed by atoms with Gasteiger partial charge in [0.25, 0.3) is 0 Å². The second-order valence-corrected chi connectivity index (χ2v) is 10.8. The van der Waals surface area contributed by atoms with Gasteiger partial charge in [0.05, 0.1) is 50.0 Å². The monoisotopic (exact) mass is 578 g/mol. The summed E-state index contributed by atoms with van der Waals surface area (Å²) in [5, 5.41) is 0. The molecule has 7 nitrogen and oxygen atoms in total. The van der Waals surface area contributed by atoms with Crippen molar-refractivity contribution >= 4 is 40.4 Å². The van der Waals surface area contributed by atoms with Crippen LogP contribution in [0.1, 0.15) is 39.5 Å². The highest BCUT2D eigenvalue weighted by Gasteiger charge is 2.23. The van der Waals surface area contributed by atoms with Crippen LogP contribution >= 0.6 is 22.7 Å². The zero-order valence-corrected chi connectivity index (χ0v) is 24.4. The summed E-state index contributed by atoms with van der Waals surface area (Å²) >= 11 is 2.65. The fourth-order valence-electron chi connectivity index (χ4n) is 4.17. The van der Waals surface area contributed by atoms with Crippen molar-refractivity contribution in [2.45, 2.75) is 26.7 Å². The summed E-state index contributed by atoms with van der Waals surface area (Å²) in [4.78, 5) is 41.2. The lowest BCUT2D eigenvalue weighted by Gasteiger charge is -2.05.